The van der Waals surface area contributed by atoms with Crippen molar-refractivity contribution in [1.82, 2.24) is 15.1 Å². The Kier molecular flexibility index (Phi) is 4.24. The summed E-state index contributed by atoms with van der Waals surface area (Å²) in [5.41, 5.74) is 0.400. The molecule has 1 aromatic heterocycles. The Morgan fingerprint density at radius 2 is 2.00 bits per heavy atom. The van der Waals surface area contributed by atoms with Crippen molar-refractivity contribution < 1.29 is 14.3 Å². The van der Waals surface area contributed by atoms with Gasteiger partial charge in [0.15, 0.2) is 12.4 Å². The molecule has 1 saturated heterocycles. The lowest BCUT2D eigenvalue weighted by Crippen LogP contribution is -2.51. The number of aromatic nitrogens is 1. The van der Waals surface area contributed by atoms with Gasteiger partial charge in [0, 0.05) is 38.3 Å². The molecule has 0 radical (unpaired) electrons. The van der Waals surface area contributed by atoms with Crippen molar-refractivity contribution in [2.24, 2.45) is 0 Å². The number of nitrogens with one attached hydrogen (secondary N) is 1. The normalized spacial score (nSPS) is 19.0. The third-order valence-corrected chi connectivity index (χ3v) is 3.99. The van der Waals surface area contributed by atoms with Gasteiger partial charge in [-0.1, -0.05) is 0 Å². The maximum absolute atomic E-state index is 12.3. The van der Waals surface area contributed by atoms with Crippen LogP contribution < -0.4 is 10.0 Å². The van der Waals surface area contributed by atoms with E-state index in [9.17, 15) is 14.8 Å². The van der Waals surface area contributed by atoms with Crippen molar-refractivity contribution in [3.8, 4) is 0 Å². The molecule has 7 nitrogen and oxygen atoms in total. The topological polar surface area (TPSA) is 79.6 Å². The highest BCUT2D eigenvalue weighted by atomic mass is 16.5. The third kappa shape index (κ3) is 3.73. The van der Waals surface area contributed by atoms with Crippen LogP contribution in [0.2, 0.25) is 0 Å². The van der Waals surface area contributed by atoms with Crippen LogP contribution in [0, 0.1) is 5.21 Å². The van der Waals surface area contributed by atoms with E-state index in [1.807, 2.05) is 0 Å². The molecular weight excluding hydrogens is 284 g/mol. The van der Waals surface area contributed by atoms with Gasteiger partial charge in [-0.2, -0.15) is 4.73 Å². The van der Waals surface area contributed by atoms with Gasteiger partial charge in [0.05, 0.1) is 6.54 Å². The van der Waals surface area contributed by atoms with Gasteiger partial charge >= 0.3 is 0 Å². The lowest BCUT2D eigenvalue weighted by Gasteiger charge is -2.34. The molecule has 0 bridgehead atoms. The van der Waals surface area contributed by atoms with Gasteiger partial charge in [-0.25, -0.2) is 0 Å². The molecule has 0 atom stereocenters. The predicted octanol–water partition coefficient (Wildman–Crippen LogP) is -0.644. The molecule has 118 valence electrons. The van der Waals surface area contributed by atoms with Crippen LogP contribution in [-0.4, -0.2) is 60.4 Å². The number of hydrogen-bond donors (Lipinski definition) is 1. The average molecular weight is 304 g/mol. The van der Waals surface area contributed by atoms with Gasteiger partial charge in [-0.3, -0.25) is 14.5 Å². The second-order valence-electron chi connectivity index (χ2n) is 5.86. The molecule has 2 amide bonds. The first kappa shape index (κ1) is 14.8. The lowest BCUT2D eigenvalue weighted by atomic mass is 10.2. The molecule has 1 saturated carbocycles. The summed E-state index contributed by atoms with van der Waals surface area (Å²) in [6, 6.07) is 3.59. The SMILES string of the molecule is O=C(CN1CCN(C(=O)c2ccc[n+]([O-])c2)CC1)NC1CC1. The Morgan fingerprint density at radius 1 is 1.27 bits per heavy atom. The van der Waals surface area contributed by atoms with Crippen molar-refractivity contribution in [3.05, 3.63) is 35.3 Å². The molecule has 0 spiro atoms. The van der Waals surface area contributed by atoms with Crippen LogP contribution in [0.1, 0.15) is 23.2 Å². The van der Waals surface area contributed by atoms with Crippen LogP contribution in [0.5, 0.6) is 0 Å². The Balaban J connectivity index is 1.48. The fourth-order valence-electron chi connectivity index (χ4n) is 2.58. The molecule has 2 fully saturated rings. The summed E-state index contributed by atoms with van der Waals surface area (Å²) in [4.78, 5) is 27.9. The fourth-order valence-corrected chi connectivity index (χ4v) is 2.58. The Hall–Kier alpha value is -2.15. The van der Waals surface area contributed by atoms with E-state index in [4.69, 9.17) is 0 Å². The van der Waals surface area contributed by atoms with Crippen molar-refractivity contribution in [2.45, 2.75) is 18.9 Å². The minimum atomic E-state index is -0.132. The van der Waals surface area contributed by atoms with E-state index in [0.29, 0.717) is 49.1 Å². The Labute approximate surface area is 129 Å². The minimum Gasteiger partial charge on any atom is -0.619 e. The largest absolute Gasteiger partial charge is 0.619 e. The highest BCUT2D eigenvalue weighted by Crippen LogP contribution is 2.18. The van der Waals surface area contributed by atoms with E-state index in [2.05, 4.69) is 10.2 Å². The quantitative estimate of drug-likeness (QED) is 0.592. The smallest absolute Gasteiger partial charge is 0.260 e. The summed E-state index contributed by atoms with van der Waals surface area (Å²) < 4.78 is 0.631. The molecule has 2 heterocycles. The van der Waals surface area contributed by atoms with Crippen LogP contribution >= 0.6 is 0 Å². The fraction of sp³-hybridized carbons (Fsp3) is 0.533. The molecular formula is C15H20N4O3. The van der Waals surface area contributed by atoms with E-state index in [1.54, 1.807) is 17.0 Å². The van der Waals surface area contributed by atoms with Crippen LogP contribution in [0.4, 0.5) is 0 Å². The minimum absolute atomic E-state index is 0.0673. The molecule has 1 aliphatic heterocycles. The first-order chi connectivity index (χ1) is 10.6. The Bertz CT molecular complexity index is 566. The van der Waals surface area contributed by atoms with E-state index in [1.165, 1.54) is 12.4 Å². The summed E-state index contributed by atoms with van der Waals surface area (Å²) in [6.45, 7) is 2.89. The highest BCUT2D eigenvalue weighted by molar-refractivity contribution is 5.93. The molecule has 7 heteroatoms. The van der Waals surface area contributed by atoms with Crippen LogP contribution in [0.25, 0.3) is 0 Å². The number of nitrogens with zero attached hydrogens (tertiary/aromatic N) is 3. The first-order valence-corrected chi connectivity index (χ1v) is 7.61. The van der Waals surface area contributed by atoms with Crippen molar-refractivity contribution in [1.29, 1.82) is 0 Å². The second kappa shape index (κ2) is 6.31. The zero-order valence-corrected chi connectivity index (χ0v) is 12.4. The molecule has 3 rings (SSSR count). The lowest BCUT2D eigenvalue weighted by molar-refractivity contribution is -0.605. The van der Waals surface area contributed by atoms with E-state index in [-0.39, 0.29) is 11.8 Å². The zero-order valence-electron chi connectivity index (χ0n) is 12.4. The summed E-state index contributed by atoms with van der Waals surface area (Å²) in [7, 11) is 0. The van der Waals surface area contributed by atoms with Gasteiger partial charge in [-0.15, -0.1) is 0 Å². The van der Waals surface area contributed by atoms with Crippen LogP contribution in [-0.2, 0) is 4.79 Å². The highest BCUT2D eigenvalue weighted by Gasteiger charge is 2.27. The van der Waals surface area contributed by atoms with Crippen molar-refractivity contribution >= 4 is 11.8 Å². The molecule has 0 aromatic carbocycles. The number of rotatable bonds is 4. The number of pyridine rings is 1. The molecule has 1 N–H and O–H groups in total. The summed E-state index contributed by atoms with van der Waals surface area (Å²) in [5, 5.41) is 14.2. The van der Waals surface area contributed by atoms with E-state index < -0.39 is 0 Å². The van der Waals surface area contributed by atoms with Crippen molar-refractivity contribution in [3.63, 3.8) is 0 Å². The molecule has 0 unspecified atom stereocenters. The number of carbonyl (C=O) groups excluding carboxylic acids is 2. The molecule has 22 heavy (non-hydrogen) atoms. The van der Waals surface area contributed by atoms with Gasteiger partial charge in [0.2, 0.25) is 5.91 Å². The van der Waals surface area contributed by atoms with E-state index in [0.717, 1.165) is 12.8 Å². The number of carbonyl (C=O) groups is 2. The third-order valence-electron chi connectivity index (χ3n) is 3.99. The molecule has 2 aliphatic rings. The van der Waals surface area contributed by atoms with Crippen molar-refractivity contribution in [2.75, 3.05) is 32.7 Å². The van der Waals surface area contributed by atoms with Crippen LogP contribution in [0.15, 0.2) is 24.5 Å². The van der Waals surface area contributed by atoms with Crippen LogP contribution in [0.3, 0.4) is 0 Å². The maximum atomic E-state index is 12.3. The van der Waals surface area contributed by atoms with E-state index >= 15 is 0 Å². The number of piperazine rings is 1. The standard InChI is InChI=1S/C15H20N4O3/c20-14(16-13-3-4-13)11-17-6-8-18(9-7-17)15(21)12-2-1-5-19(22)10-12/h1-2,5,10,13H,3-4,6-9,11H2,(H,16,20). The summed E-state index contributed by atoms with van der Waals surface area (Å²) in [5.74, 6) is -0.0648. The monoisotopic (exact) mass is 304 g/mol. The Morgan fingerprint density at radius 3 is 2.64 bits per heavy atom. The van der Waals surface area contributed by atoms with Gasteiger partial charge < -0.3 is 15.4 Å². The summed E-state index contributed by atoms with van der Waals surface area (Å²) >= 11 is 0. The number of amides is 2. The summed E-state index contributed by atoms with van der Waals surface area (Å²) in [6.07, 6.45) is 4.82. The first-order valence-electron chi connectivity index (χ1n) is 7.61. The maximum Gasteiger partial charge on any atom is 0.260 e. The molecule has 1 aliphatic carbocycles. The average Bonchev–Trinajstić information content (AvgIpc) is 3.31. The van der Waals surface area contributed by atoms with Gasteiger partial charge in [0.25, 0.3) is 5.91 Å². The van der Waals surface area contributed by atoms with Gasteiger partial charge in [0.1, 0.15) is 5.56 Å². The zero-order chi connectivity index (χ0) is 15.5. The number of hydrogen-bond acceptors (Lipinski definition) is 4. The second-order valence-corrected chi connectivity index (χ2v) is 5.86. The van der Waals surface area contributed by atoms with Gasteiger partial charge in [-0.05, 0) is 18.9 Å². The molecule has 1 aromatic rings. The predicted molar refractivity (Wildman–Crippen MR) is 78.9 cm³/mol.